The summed E-state index contributed by atoms with van der Waals surface area (Å²) in [6.07, 6.45) is -9.84. The topological polar surface area (TPSA) is 85.4 Å². The minimum absolute atomic E-state index is 0.0590. The molecule has 1 heterocycles. The number of ether oxygens (including phenoxy) is 3. The van der Waals surface area contributed by atoms with E-state index in [1.807, 2.05) is 0 Å². The summed E-state index contributed by atoms with van der Waals surface area (Å²) in [4.78, 5) is 40.7. The van der Waals surface area contributed by atoms with Gasteiger partial charge in [-0.3, -0.25) is 14.5 Å². The van der Waals surface area contributed by atoms with E-state index in [0.29, 0.717) is 37.8 Å². The molecule has 0 radical (unpaired) electrons. The number of hydrogen-bond acceptors (Lipinski definition) is 6. The molecular formula is C31H33F7N2O6. The van der Waals surface area contributed by atoms with Gasteiger partial charge in [0.15, 0.2) is 0 Å². The number of anilines is 1. The van der Waals surface area contributed by atoms with Gasteiger partial charge >= 0.3 is 24.6 Å². The Bertz CT molecular complexity index is 1440. The third-order valence-corrected chi connectivity index (χ3v) is 8.24. The van der Waals surface area contributed by atoms with Crippen molar-refractivity contribution >= 4 is 23.7 Å². The van der Waals surface area contributed by atoms with Crippen LogP contribution in [0.3, 0.4) is 0 Å². The van der Waals surface area contributed by atoms with E-state index >= 15 is 0 Å². The first-order chi connectivity index (χ1) is 21.5. The normalized spacial score (nSPS) is 22.0. The average molecular weight is 663 g/mol. The molecule has 0 bridgehead atoms. The van der Waals surface area contributed by atoms with Gasteiger partial charge in [0, 0.05) is 25.1 Å². The second kappa shape index (κ2) is 13.8. The Labute approximate surface area is 260 Å². The van der Waals surface area contributed by atoms with Crippen molar-refractivity contribution in [2.75, 3.05) is 18.6 Å². The molecule has 46 heavy (non-hydrogen) atoms. The highest BCUT2D eigenvalue weighted by Gasteiger charge is 2.42. The lowest BCUT2D eigenvalue weighted by atomic mass is 9.80. The van der Waals surface area contributed by atoms with Crippen LogP contribution in [0, 0.1) is 17.7 Å². The van der Waals surface area contributed by atoms with Gasteiger partial charge in [-0.05, 0) is 93.0 Å². The molecule has 4 rings (SSSR count). The van der Waals surface area contributed by atoms with Crippen LogP contribution < -0.4 is 9.64 Å². The van der Waals surface area contributed by atoms with Gasteiger partial charge in [-0.1, -0.05) is 0 Å². The fourth-order valence-corrected chi connectivity index (χ4v) is 5.96. The molecule has 2 aliphatic rings. The largest absolute Gasteiger partial charge is 0.573 e. The maximum absolute atomic E-state index is 14.1. The summed E-state index contributed by atoms with van der Waals surface area (Å²) in [7, 11) is 1.44. The lowest BCUT2D eigenvalue weighted by Gasteiger charge is -2.31. The number of esters is 1. The molecule has 1 aliphatic heterocycles. The maximum atomic E-state index is 14.1. The van der Waals surface area contributed by atoms with Crippen LogP contribution in [-0.4, -0.2) is 48.9 Å². The molecule has 2 aromatic carbocycles. The second-order valence-corrected chi connectivity index (χ2v) is 11.4. The zero-order valence-corrected chi connectivity index (χ0v) is 25.2. The molecule has 2 aromatic rings. The van der Waals surface area contributed by atoms with Crippen LogP contribution in [0.2, 0.25) is 0 Å². The first-order valence-electron chi connectivity index (χ1n) is 14.6. The third kappa shape index (κ3) is 8.40. The molecule has 0 aromatic heterocycles. The summed E-state index contributed by atoms with van der Waals surface area (Å²) < 4.78 is 108. The van der Waals surface area contributed by atoms with Crippen molar-refractivity contribution in [3.8, 4) is 5.75 Å². The number of carbonyl (C=O) groups is 3. The second-order valence-electron chi connectivity index (χ2n) is 11.4. The predicted octanol–water partition coefficient (Wildman–Crippen LogP) is 7.55. The van der Waals surface area contributed by atoms with Crippen molar-refractivity contribution in [1.29, 1.82) is 0 Å². The van der Waals surface area contributed by atoms with Crippen LogP contribution in [0.5, 0.6) is 5.75 Å². The molecular weight excluding hydrogens is 629 g/mol. The monoisotopic (exact) mass is 662 g/mol. The predicted molar refractivity (Wildman–Crippen MR) is 149 cm³/mol. The van der Waals surface area contributed by atoms with Gasteiger partial charge in [0.25, 0.3) is 0 Å². The fourth-order valence-electron chi connectivity index (χ4n) is 5.96. The molecule has 0 N–H and O–H groups in total. The van der Waals surface area contributed by atoms with E-state index in [0.717, 1.165) is 23.1 Å². The van der Waals surface area contributed by atoms with Crippen molar-refractivity contribution in [2.24, 2.45) is 11.8 Å². The molecule has 1 aliphatic carbocycles. The average Bonchev–Trinajstić information content (AvgIpc) is 3.24. The number of halogens is 7. The summed E-state index contributed by atoms with van der Waals surface area (Å²) in [6, 6.07) is 4.08. The SMILES string of the molecule is CCOC(=O)CC1CCC(C(=O)N(C)c2ccc(OC(F)(F)F)cc2CN2C(=O)O[C@H](c3cc(F)cc(C(F)(F)F)c3)[C@@H]2C)CC1. The minimum atomic E-state index is -5.04. The highest BCUT2D eigenvalue weighted by molar-refractivity contribution is 5.95. The first kappa shape index (κ1) is 34.8. The lowest BCUT2D eigenvalue weighted by Crippen LogP contribution is -2.37. The zero-order chi connectivity index (χ0) is 34.0. The highest BCUT2D eigenvalue weighted by atomic mass is 19.4. The Morgan fingerprint density at radius 3 is 2.30 bits per heavy atom. The summed E-state index contributed by atoms with van der Waals surface area (Å²) >= 11 is 0. The van der Waals surface area contributed by atoms with E-state index in [2.05, 4.69) is 4.74 Å². The fraction of sp³-hybridized carbons (Fsp3) is 0.516. The Morgan fingerprint density at radius 2 is 1.70 bits per heavy atom. The smallest absolute Gasteiger partial charge is 0.466 e. The van der Waals surface area contributed by atoms with Gasteiger partial charge in [-0.2, -0.15) is 13.2 Å². The Kier molecular flexibility index (Phi) is 10.4. The van der Waals surface area contributed by atoms with E-state index in [-0.39, 0.29) is 47.6 Å². The number of hydrogen-bond donors (Lipinski definition) is 0. The first-order valence-corrected chi connectivity index (χ1v) is 14.6. The quantitative estimate of drug-likeness (QED) is 0.204. The third-order valence-electron chi connectivity index (χ3n) is 8.24. The number of rotatable bonds is 9. The molecule has 2 atom stereocenters. The number of alkyl halides is 6. The van der Waals surface area contributed by atoms with Crippen LogP contribution >= 0.6 is 0 Å². The van der Waals surface area contributed by atoms with Crippen molar-refractivity contribution in [2.45, 2.75) is 77.2 Å². The van der Waals surface area contributed by atoms with Crippen LogP contribution in [0.15, 0.2) is 36.4 Å². The van der Waals surface area contributed by atoms with E-state index in [1.54, 1.807) is 6.92 Å². The van der Waals surface area contributed by atoms with Gasteiger partial charge in [0.1, 0.15) is 17.7 Å². The van der Waals surface area contributed by atoms with Crippen molar-refractivity contribution in [3.05, 3.63) is 58.9 Å². The van der Waals surface area contributed by atoms with Crippen molar-refractivity contribution < 1.29 is 59.3 Å². The van der Waals surface area contributed by atoms with E-state index in [9.17, 15) is 45.1 Å². The van der Waals surface area contributed by atoms with E-state index in [4.69, 9.17) is 9.47 Å². The number of amides is 2. The maximum Gasteiger partial charge on any atom is 0.573 e. The van der Waals surface area contributed by atoms with Crippen LogP contribution in [-0.2, 0) is 31.8 Å². The van der Waals surface area contributed by atoms with Gasteiger partial charge in [-0.15, -0.1) is 13.2 Å². The Morgan fingerprint density at radius 1 is 1.02 bits per heavy atom. The number of cyclic esters (lactones) is 1. The molecule has 0 spiro atoms. The van der Waals surface area contributed by atoms with Crippen molar-refractivity contribution in [3.63, 3.8) is 0 Å². The molecule has 0 unspecified atom stereocenters. The molecule has 252 valence electrons. The molecule has 8 nitrogen and oxygen atoms in total. The highest BCUT2D eigenvalue weighted by Crippen LogP contribution is 2.40. The number of nitrogens with zero attached hydrogens (tertiary/aromatic N) is 2. The van der Waals surface area contributed by atoms with Crippen LogP contribution in [0.1, 0.15) is 68.7 Å². The minimum Gasteiger partial charge on any atom is -0.466 e. The van der Waals surface area contributed by atoms with Crippen LogP contribution in [0.4, 0.5) is 41.2 Å². The van der Waals surface area contributed by atoms with Gasteiger partial charge in [0.2, 0.25) is 5.91 Å². The zero-order valence-electron chi connectivity index (χ0n) is 25.2. The van der Waals surface area contributed by atoms with Crippen molar-refractivity contribution in [1.82, 2.24) is 4.90 Å². The Hall–Kier alpha value is -4.04. The summed E-state index contributed by atoms with van der Waals surface area (Å²) in [6.45, 7) is 3.01. The van der Waals surface area contributed by atoms with Gasteiger partial charge in [-0.25, -0.2) is 9.18 Å². The lowest BCUT2D eigenvalue weighted by molar-refractivity contribution is -0.274. The van der Waals surface area contributed by atoms with E-state index < -0.39 is 60.4 Å². The summed E-state index contributed by atoms with van der Waals surface area (Å²) in [5.41, 5.74) is -1.30. The summed E-state index contributed by atoms with van der Waals surface area (Å²) in [5.74, 6) is -2.82. The number of benzene rings is 2. The van der Waals surface area contributed by atoms with Gasteiger partial charge < -0.3 is 19.1 Å². The van der Waals surface area contributed by atoms with E-state index in [1.165, 1.54) is 24.9 Å². The molecule has 1 saturated heterocycles. The molecule has 1 saturated carbocycles. The Balaban J connectivity index is 1.57. The standard InChI is InChI=1S/C31H33F7N2O6/c1-4-44-26(41)11-18-5-7-19(8-6-18)28(42)39(3)25-10-9-24(46-31(36,37)38)14-21(25)16-40-17(2)27(45-29(40)43)20-12-22(30(33,34)35)15-23(32)13-20/h9-10,12-15,17-19,27H,4-8,11,16H2,1-3H3/t17-,18?,19?,27-/m0/s1. The molecule has 2 amide bonds. The number of carbonyl (C=O) groups excluding carboxylic acids is 3. The van der Waals surface area contributed by atoms with Gasteiger partial charge in [0.05, 0.1) is 24.8 Å². The molecule has 2 fully saturated rings. The summed E-state index contributed by atoms with van der Waals surface area (Å²) in [5, 5.41) is 0. The molecule has 15 heteroatoms. The van der Waals surface area contributed by atoms with Crippen LogP contribution in [0.25, 0.3) is 0 Å².